The monoisotopic (exact) mass is 324 g/mol. The molecule has 0 bridgehead atoms. The van der Waals surface area contributed by atoms with Crippen LogP contribution in [0.4, 0.5) is 13.2 Å². The van der Waals surface area contributed by atoms with Crippen molar-refractivity contribution in [3.05, 3.63) is 42.2 Å². The zero-order chi connectivity index (χ0) is 15.7. The van der Waals surface area contributed by atoms with Crippen molar-refractivity contribution in [2.45, 2.75) is 23.7 Å². The van der Waals surface area contributed by atoms with E-state index < -0.39 is 5.51 Å². The molecule has 0 unspecified atom stereocenters. The van der Waals surface area contributed by atoms with Gasteiger partial charge >= 0.3 is 5.51 Å². The highest BCUT2D eigenvalue weighted by Gasteiger charge is 2.29. The first-order chi connectivity index (χ1) is 10.5. The van der Waals surface area contributed by atoms with E-state index in [0.717, 1.165) is 17.5 Å². The van der Waals surface area contributed by atoms with Gasteiger partial charge in [0.2, 0.25) is 5.89 Å². The first-order valence-electron chi connectivity index (χ1n) is 6.56. The van der Waals surface area contributed by atoms with E-state index in [4.69, 9.17) is 4.42 Å². The van der Waals surface area contributed by atoms with Crippen molar-refractivity contribution < 1.29 is 17.6 Å². The van der Waals surface area contributed by atoms with Gasteiger partial charge in [-0.2, -0.15) is 13.2 Å². The van der Waals surface area contributed by atoms with Gasteiger partial charge in [-0.05, 0) is 48.0 Å². The molecule has 2 aromatic heterocycles. The van der Waals surface area contributed by atoms with Gasteiger partial charge in [-0.15, -0.1) is 0 Å². The maximum atomic E-state index is 12.4. The molecular weight excluding hydrogens is 313 g/mol. The summed E-state index contributed by atoms with van der Waals surface area (Å²) in [6, 6.07) is 6.05. The molecule has 114 valence electrons. The number of aromatic nitrogens is 2. The molecular formula is C15H11F3N2OS. The molecule has 7 heteroatoms. The molecule has 3 aromatic rings. The Kier molecular flexibility index (Phi) is 3.82. The maximum Gasteiger partial charge on any atom is 0.446 e. The van der Waals surface area contributed by atoms with Crippen molar-refractivity contribution in [3.8, 4) is 11.5 Å². The molecule has 3 nitrogen and oxygen atoms in total. The minimum Gasteiger partial charge on any atom is -0.436 e. The molecule has 0 saturated heterocycles. The molecule has 0 aliphatic carbocycles. The fourth-order valence-electron chi connectivity index (χ4n) is 2.14. The van der Waals surface area contributed by atoms with Gasteiger partial charge in [0.1, 0.15) is 5.52 Å². The summed E-state index contributed by atoms with van der Waals surface area (Å²) in [7, 11) is 0. The van der Waals surface area contributed by atoms with E-state index >= 15 is 0 Å². The second-order valence-electron chi connectivity index (χ2n) is 4.58. The van der Waals surface area contributed by atoms with E-state index in [1.165, 1.54) is 18.2 Å². The number of pyridine rings is 1. The Hall–Kier alpha value is -2.02. The van der Waals surface area contributed by atoms with Crippen LogP contribution in [0.1, 0.15) is 12.5 Å². The van der Waals surface area contributed by atoms with Crippen LogP contribution >= 0.6 is 11.8 Å². The summed E-state index contributed by atoms with van der Waals surface area (Å²) in [5.74, 6) is 0.392. The van der Waals surface area contributed by atoms with Crippen LogP contribution in [0.25, 0.3) is 22.6 Å². The molecule has 0 saturated carbocycles. The lowest BCUT2D eigenvalue weighted by Gasteiger charge is -2.04. The fraction of sp³-hybridized carbons (Fsp3) is 0.200. The highest BCUT2D eigenvalue weighted by Crippen LogP contribution is 2.38. The molecule has 0 spiro atoms. The molecule has 0 amide bonds. The lowest BCUT2D eigenvalue weighted by atomic mass is 10.1. The molecule has 0 radical (unpaired) electrons. The molecule has 0 fully saturated rings. The molecule has 0 aliphatic heterocycles. The smallest absolute Gasteiger partial charge is 0.436 e. The molecule has 0 atom stereocenters. The number of alkyl halides is 3. The van der Waals surface area contributed by atoms with E-state index in [1.807, 2.05) is 6.92 Å². The SMILES string of the molecule is CCc1cnccc1-c1nc2cc(SC(F)(F)F)ccc2o1. The van der Waals surface area contributed by atoms with Gasteiger partial charge < -0.3 is 4.42 Å². The molecule has 22 heavy (non-hydrogen) atoms. The Morgan fingerprint density at radius 3 is 2.77 bits per heavy atom. The highest BCUT2D eigenvalue weighted by molar-refractivity contribution is 8.00. The summed E-state index contributed by atoms with van der Waals surface area (Å²) in [5, 5.41) is 0. The van der Waals surface area contributed by atoms with Crippen LogP contribution in [-0.2, 0) is 6.42 Å². The van der Waals surface area contributed by atoms with E-state index in [1.54, 1.807) is 18.5 Å². The van der Waals surface area contributed by atoms with Crippen molar-refractivity contribution in [2.24, 2.45) is 0 Å². The lowest BCUT2D eigenvalue weighted by molar-refractivity contribution is -0.0328. The Morgan fingerprint density at radius 1 is 1.23 bits per heavy atom. The minimum absolute atomic E-state index is 0.0882. The number of thioether (sulfide) groups is 1. The van der Waals surface area contributed by atoms with Crippen molar-refractivity contribution in [2.75, 3.05) is 0 Å². The van der Waals surface area contributed by atoms with Gasteiger partial charge in [0, 0.05) is 22.9 Å². The quantitative estimate of drug-likeness (QED) is 0.631. The number of hydrogen-bond donors (Lipinski definition) is 0. The first-order valence-corrected chi connectivity index (χ1v) is 7.37. The summed E-state index contributed by atoms with van der Waals surface area (Å²) in [6.07, 6.45) is 4.13. The predicted molar refractivity (Wildman–Crippen MR) is 78.5 cm³/mol. The van der Waals surface area contributed by atoms with Crippen LogP contribution < -0.4 is 0 Å². The Labute approximate surface area is 128 Å². The van der Waals surface area contributed by atoms with Crippen molar-refractivity contribution >= 4 is 22.9 Å². The number of rotatable bonds is 3. The van der Waals surface area contributed by atoms with Crippen LogP contribution in [0.5, 0.6) is 0 Å². The van der Waals surface area contributed by atoms with E-state index in [2.05, 4.69) is 9.97 Å². The zero-order valence-corrected chi connectivity index (χ0v) is 12.3. The Morgan fingerprint density at radius 2 is 2.05 bits per heavy atom. The molecule has 3 rings (SSSR count). The molecule has 1 aromatic carbocycles. The van der Waals surface area contributed by atoms with Gasteiger partial charge in [-0.1, -0.05) is 6.92 Å². The van der Waals surface area contributed by atoms with Crippen LogP contribution in [0.2, 0.25) is 0 Å². The Bertz CT molecular complexity index is 814. The molecule has 0 N–H and O–H groups in total. The first kappa shape index (κ1) is 14.9. The molecule has 0 aliphatic rings. The number of halogens is 3. The van der Waals surface area contributed by atoms with Crippen molar-refractivity contribution in [1.29, 1.82) is 0 Å². The standard InChI is InChI=1S/C15H11F3N2OS/c1-2-9-8-19-6-5-11(9)14-20-12-7-10(22-15(16,17)18)3-4-13(12)21-14/h3-8H,2H2,1H3. The van der Waals surface area contributed by atoms with Crippen LogP contribution in [0, 0.1) is 0 Å². The van der Waals surface area contributed by atoms with Crippen LogP contribution in [-0.4, -0.2) is 15.5 Å². The van der Waals surface area contributed by atoms with Gasteiger partial charge in [0.05, 0.1) is 0 Å². The van der Waals surface area contributed by atoms with E-state index in [0.29, 0.717) is 17.0 Å². The number of fused-ring (bicyclic) bond motifs is 1. The summed E-state index contributed by atoms with van der Waals surface area (Å²) < 4.78 is 42.9. The van der Waals surface area contributed by atoms with Gasteiger partial charge in [-0.3, -0.25) is 4.98 Å². The Balaban J connectivity index is 2.03. The van der Waals surface area contributed by atoms with Gasteiger partial charge in [0.15, 0.2) is 5.58 Å². The van der Waals surface area contributed by atoms with Crippen LogP contribution in [0.3, 0.4) is 0 Å². The van der Waals surface area contributed by atoms with E-state index in [9.17, 15) is 13.2 Å². The number of aryl methyl sites for hydroxylation is 1. The number of hydrogen-bond acceptors (Lipinski definition) is 4. The van der Waals surface area contributed by atoms with Gasteiger partial charge in [0.25, 0.3) is 0 Å². The largest absolute Gasteiger partial charge is 0.446 e. The maximum absolute atomic E-state index is 12.4. The number of nitrogens with zero attached hydrogens (tertiary/aromatic N) is 2. The number of oxazole rings is 1. The average Bonchev–Trinajstić information content (AvgIpc) is 2.88. The molecule has 2 heterocycles. The van der Waals surface area contributed by atoms with E-state index in [-0.39, 0.29) is 16.7 Å². The summed E-state index contributed by atoms with van der Waals surface area (Å²) >= 11 is -0.163. The van der Waals surface area contributed by atoms with Crippen LogP contribution in [0.15, 0.2) is 46.0 Å². The minimum atomic E-state index is -4.32. The third kappa shape index (κ3) is 3.09. The highest BCUT2D eigenvalue weighted by atomic mass is 32.2. The van der Waals surface area contributed by atoms with Crippen molar-refractivity contribution in [1.82, 2.24) is 9.97 Å². The third-order valence-corrected chi connectivity index (χ3v) is 3.83. The normalized spacial score (nSPS) is 12.0. The summed E-state index contributed by atoms with van der Waals surface area (Å²) in [4.78, 5) is 8.45. The second kappa shape index (κ2) is 5.64. The average molecular weight is 324 g/mol. The topological polar surface area (TPSA) is 38.9 Å². The summed E-state index contributed by atoms with van der Waals surface area (Å²) in [5.41, 5.74) is -1.68. The zero-order valence-electron chi connectivity index (χ0n) is 11.5. The summed E-state index contributed by atoms with van der Waals surface area (Å²) in [6.45, 7) is 1.99. The third-order valence-electron chi connectivity index (χ3n) is 3.11. The van der Waals surface area contributed by atoms with Gasteiger partial charge in [-0.25, -0.2) is 4.98 Å². The lowest BCUT2D eigenvalue weighted by Crippen LogP contribution is -1.98. The second-order valence-corrected chi connectivity index (χ2v) is 5.72. The number of benzene rings is 1. The predicted octanol–water partition coefficient (Wildman–Crippen LogP) is 5.06. The van der Waals surface area contributed by atoms with Crippen molar-refractivity contribution in [3.63, 3.8) is 0 Å². The fourth-order valence-corrected chi connectivity index (χ4v) is 2.71.